The second kappa shape index (κ2) is 10.7. The van der Waals surface area contributed by atoms with Crippen LogP contribution in [0, 0.1) is 5.92 Å². The Hall–Kier alpha value is -2.60. The van der Waals surface area contributed by atoms with Crippen molar-refractivity contribution >= 4 is 11.9 Å². The highest BCUT2D eigenvalue weighted by molar-refractivity contribution is 5.94. The number of hydrogen-bond donors (Lipinski definition) is 0. The lowest BCUT2D eigenvalue weighted by atomic mass is 10.1. The Labute approximate surface area is 167 Å². The Balaban J connectivity index is 2.08. The van der Waals surface area contributed by atoms with E-state index >= 15 is 0 Å². The van der Waals surface area contributed by atoms with E-state index in [4.69, 9.17) is 9.47 Å². The summed E-state index contributed by atoms with van der Waals surface area (Å²) in [7, 11) is 1.36. The molecule has 1 amide bonds. The second-order valence-corrected chi connectivity index (χ2v) is 7.09. The van der Waals surface area contributed by atoms with Crippen LogP contribution >= 0.6 is 0 Å². The van der Waals surface area contributed by atoms with Gasteiger partial charge in [0.1, 0.15) is 0 Å². The molecular weight excluding hydrogens is 356 g/mol. The van der Waals surface area contributed by atoms with E-state index in [1.165, 1.54) is 7.11 Å². The Bertz CT molecular complexity index is 738. The van der Waals surface area contributed by atoms with Gasteiger partial charge in [-0.25, -0.2) is 0 Å². The quantitative estimate of drug-likeness (QED) is 0.463. The number of nitrogens with zero attached hydrogens (tertiary/aromatic N) is 2. The van der Waals surface area contributed by atoms with Gasteiger partial charge in [-0.05, 0) is 56.7 Å². The number of carbonyl (C=O) groups excluding carboxylic acids is 2. The van der Waals surface area contributed by atoms with E-state index in [9.17, 15) is 9.59 Å². The van der Waals surface area contributed by atoms with Crippen LogP contribution in [0.4, 0.5) is 0 Å². The zero-order chi connectivity index (χ0) is 20.5. The molecule has 0 spiro atoms. The van der Waals surface area contributed by atoms with E-state index in [0.717, 1.165) is 5.69 Å². The summed E-state index contributed by atoms with van der Waals surface area (Å²) in [5.74, 6) is -0.808. The largest absolute Gasteiger partial charge is 0.469 e. The number of benzene rings is 1. The molecule has 0 N–H and O–H groups in total. The number of methoxy groups -OCH3 is 1. The van der Waals surface area contributed by atoms with Crippen LogP contribution in [0.3, 0.4) is 0 Å². The Morgan fingerprint density at radius 1 is 1.07 bits per heavy atom. The molecule has 0 bridgehead atoms. The molecule has 1 unspecified atom stereocenters. The lowest BCUT2D eigenvalue weighted by molar-refractivity contribution is -0.145. The number of aromatic nitrogens is 1. The van der Waals surface area contributed by atoms with Crippen LogP contribution in [0.15, 0.2) is 48.8 Å². The fourth-order valence-corrected chi connectivity index (χ4v) is 2.92. The lowest BCUT2D eigenvalue weighted by Crippen LogP contribution is -2.38. The second-order valence-electron chi connectivity index (χ2n) is 7.09. The van der Waals surface area contributed by atoms with Gasteiger partial charge in [0, 0.05) is 43.3 Å². The predicted molar refractivity (Wildman–Crippen MR) is 109 cm³/mol. The van der Waals surface area contributed by atoms with Crippen molar-refractivity contribution in [3.8, 4) is 5.69 Å². The van der Waals surface area contributed by atoms with Gasteiger partial charge in [-0.1, -0.05) is 6.92 Å². The Kier molecular flexibility index (Phi) is 8.26. The number of carbonyl (C=O) groups is 2. The Morgan fingerprint density at radius 3 is 2.29 bits per heavy atom. The molecule has 0 aliphatic carbocycles. The molecule has 0 radical (unpaired) electrons. The number of amides is 1. The molecular formula is C22H30N2O4. The highest BCUT2D eigenvalue weighted by Crippen LogP contribution is 2.14. The van der Waals surface area contributed by atoms with Crippen molar-refractivity contribution in [2.45, 2.75) is 33.3 Å². The molecule has 0 saturated carbocycles. The average molecular weight is 386 g/mol. The molecule has 1 aromatic carbocycles. The zero-order valence-electron chi connectivity index (χ0n) is 17.1. The fraction of sp³-hybridized carbons (Fsp3) is 0.455. The third-order valence-electron chi connectivity index (χ3n) is 4.43. The summed E-state index contributed by atoms with van der Waals surface area (Å²) in [6.07, 6.45) is 4.77. The monoisotopic (exact) mass is 386 g/mol. The first-order valence-electron chi connectivity index (χ1n) is 9.64. The van der Waals surface area contributed by atoms with Gasteiger partial charge in [0.15, 0.2) is 0 Å². The summed E-state index contributed by atoms with van der Waals surface area (Å²) in [4.78, 5) is 26.6. The predicted octanol–water partition coefficient (Wildman–Crippen LogP) is 3.54. The van der Waals surface area contributed by atoms with Crippen LogP contribution in [0.5, 0.6) is 0 Å². The summed E-state index contributed by atoms with van der Waals surface area (Å²) in [5.41, 5.74) is 1.58. The summed E-state index contributed by atoms with van der Waals surface area (Å²) in [6.45, 7) is 7.13. The van der Waals surface area contributed by atoms with Crippen LogP contribution in [-0.4, -0.2) is 54.3 Å². The SMILES string of the molecule is COC(=O)C(C)CN(CCCOC(C)C)C(=O)c1ccc(-n2cccc2)cc1. The van der Waals surface area contributed by atoms with E-state index < -0.39 is 0 Å². The highest BCUT2D eigenvalue weighted by Gasteiger charge is 2.22. The molecule has 1 aromatic heterocycles. The minimum atomic E-state index is -0.390. The highest BCUT2D eigenvalue weighted by atomic mass is 16.5. The van der Waals surface area contributed by atoms with Gasteiger partial charge in [-0.2, -0.15) is 0 Å². The van der Waals surface area contributed by atoms with Crippen molar-refractivity contribution in [1.82, 2.24) is 9.47 Å². The van der Waals surface area contributed by atoms with Crippen molar-refractivity contribution in [2.24, 2.45) is 5.92 Å². The van der Waals surface area contributed by atoms with Gasteiger partial charge in [0.05, 0.1) is 19.1 Å². The molecule has 1 atom stereocenters. The van der Waals surface area contributed by atoms with Crippen molar-refractivity contribution in [3.05, 3.63) is 54.4 Å². The standard InChI is InChI=1S/C22H30N2O4/c1-17(2)28-15-7-14-24(16-18(3)22(26)27-4)21(25)19-8-10-20(11-9-19)23-12-5-6-13-23/h5-6,8-13,17-18H,7,14-16H2,1-4H3. The van der Waals surface area contributed by atoms with E-state index in [1.807, 2.05) is 67.2 Å². The Morgan fingerprint density at radius 2 is 1.71 bits per heavy atom. The normalized spacial score (nSPS) is 12.0. The number of rotatable bonds is 10. The van der Waals surface area contributed by atoms with E-state index in [-0.39, 0.29) is 23.9 Å². The molecule has 0 fully saturated rings. The summed E-state index contributed by atoms with van der Waals surface area (Å²) in [6, 6.07) is 11.4. The van der Waals surface area contributed by atoms with Crippen LogP contribution in [0.2, 0.25) is 0 Å². The van der Waals surface area contributed by atoms with E-state index in [1.54, 1.807) is 11.8 Å². The first-order chi connectivity index (χ1) is 13.4. The van der Waals surface area contributed by atoms with Gasteiger partial charge in [-0.3, -0.25) is 9.59 Å². The third-order valence-corrected chi connectivity index (χ3v) is 4.43. The van der Waals surface area contributed by atoms with Gasteiger partial charge in [-0.15, -0.1) is 0 Å². The molecule has 28 heavy (non-hydrogen) atoms. The topological polar surface area (TPSA) is 60.8 Å². The van der Waals surface area contributed by atoms with Crippen molar-refractivity contribution in [1.29, 1.82) is 0 Å². The first-order valence-corrected chi connectivity index (χ1v) is 9.64. The molecule has 0 aliphatic heterocycles. The van der Waals surface area contributed by atoms with Crippen molar-refractivity contribution in [3.63, 3.8) is 0 Å². The van der Waals surface area contributed by atoms with Gasteiger partial charge in [0.25, 0.3) is 5.91 Å². The van der Waals surface area contributed by atoms with Gasteiger partial charge in [0.2, 0.25) is 0 Å². The smallest absolute Gasteiger partial charge is 0.310 e. The molecule has 152 valence electrons. The van der Waals surface area contributed by atoms with E-state index in [0.29, 0.717) is 31.7 Å². The van der Waals surface area contributed by atoms with Crippen LogP contribution in [0.1, 0.15) is 37.6 Å². The van der Waals surface area contributed by atoms with Crippen LogP contribution < -0.4 is 0 Å². The van der Waals surface area contributed by atoms with Gasteiger partial charge < -0.3 is 18.9 Å². The number of hydrogen-bond acceptors (Lipinski definition) is 4. The van der Waals surface area contributed by atoms with Crippen LogP contribution in [-0.2, 0) is 14.3 Å². The minimum Gasteiger partial charge on any atom is -0.469 e. The third kappa shape index (κ3) is 6.23. The van der Waals surface area contributed by atoms with Crippen molar-refractivity contribution in [2.75, 3.05) is 26.8 Å². The maximum atomic E-state index is 13.0. The summed E-state index contributed by atoms with van der Waals surface area (Å²) >= 11 is 0. The summed E-state index contributed by atoms with van der Waals surface area (Å²) < 4.78 is 12.4. The molecule has 1 heterocycles. The van der Waals surface area contributed by atoms with Crippen LogP contribution in [0.25, 0.3) is 5.69 Å². The summed E-state index contributed by atoms with van der Waals surface area (Å²) in [5, 5.41) is 0. The zero-order valence-corrected chi connectivity index (χ0v) is 17.1. The minimum absolute atomic E-state index is 0.0978. The maximum absolute atomic E-state index is 13.0. The molecule has 0 saturated heterocycles. The number of ether oxygens (including phenoxy) is 2. The van der Waals surface area contributed by atoms with E-state index in [2.05, 4.69) is 0 Å². The maximum Gasteiger partial charge on any atom is 0.310 e. The first kappa shape index (κ1) is 21.7. The fourth-order valence-electron chi connectivity index (χ4n) is 2.92. The van der Waals surface area contributed by atoms with Gasteiger partial charge >= 0.3 is 5.97 Å². The molecule has 2 rings (SSSR count). The molecule has 2 aromatic rings. The molecule has 0 aliphatic rings. The van der Waals surface area contributed by atoms with Crippen molar-refractivity contribution < 1.29 is 19.1 Å². The number of esters is 1. The molecule has 6 heteroatoms. The average Bonchev–Trinajstić information content (AvgIpc) is 3.23. The lowest BCUT2D eigenvalue weighted by Gasteiger charge is -2.25. The molecule has 6 nitrogen and oxygen atoms in total.